The molecule has 0 aromatic rings. The van der Waals surface area contributed by atoms with E-state index in [1.807, 2.05) is 11.8 Å². The number of rotatable bonds is 25. The first-order valence-corrected chi connectivity index (χ1v) is 15.2. The Morgan fingerprint density at radius 2 is 1.36 bits per heavy atom. The number of hydrogen-bond acceptors (Lipinski definition) is 5. The molecule has 196 valence electrons. The Morgan fingerprint density at radius 1 is 0.788 bits per heavy atom. The zero-order valence-corrected chi connectivity index (χ0v) is 23.3. The van der Waals surface area contributed by atoms with Gasteiger partial charge in [0, 0.05) is 12.2 Å². The Hall–Kier alpha value is -0.550. The second-order valence-corrected chi connectivity index (χ2v) is 10.6. The summed E-state index contributed by atoms with van der Waals surface area (Å²) < 4.78 is 5.68. The van der Waals surface area contributed by atoms with Crippen LogP contribution in [0.25, 0.3) is 0 Å². The highest BCUT2D eigenvalue weighted by molar-refractivity contribution is 7.99. The average Bonchev–Trinajstić information content (AvgIpc) is 2.80. The van der Waals surface area contributed by atoms with E-state index < -0.39 is 0 Å². The van der Waals surface area contributed by atoms with Crippen molar-refractivity contribution in [3.8, 4) is 0 Å². The first kappa shape index (κ1) is 32.5. The van der Waals surface area contributed by atoms with Gasteiger partial charge in [0.05, 0.1) is 12.5 Å². The number of unbranched alkanes of at least 4 members (excludes halogenated alkanes) is 11. The van der Waals surface area contributed by atoms with E-state index in [1.165, 1.54) is 51.4 Å². The minimum absolute atomic E-state index is 0.00989. The van der Waals surface area contributed by atoms with Crippen LogP contribution in [0.15, 0.2) is 0 Å². The summed E-state index contributed by atoms with van der Waals surface area (Å²) in [6, 6.07) is 0. The molecule has 0 fully saturated rings. The van der Waals surface area contributed by atoms with Crippen molar-refractivity contribution in [3.63, 3.8) is 0 Å². The van der Waals surface area contributed by atoms with Gasteiger partial charge in [-0.25, -0.2) is 0 Å². The monoisotopic (exact) mass is 485 g/mol. The van der Waals surface area contributed by atoms with Crippen LogP contribution in [-0.2, 0) is 14.3 Å². The van der Waals surface area contributed by atoms with Crippen molar-refractivity contribution in [1.82, 2.24) is 4.90 Å². The van der Waals surface area contributed by atoms with E-state index in [0.717, 1.165) is 69.7 Å². The zero-order chi connectivity index (χ0) is 24.6. The number of Topliss-reactive ketones (excluding diaryl/α,β-unsaturated/α-hetero) is 1. The molecular weight excluding hydrogens is 430 g/mol. The molecule has 0 saturated heterocycles. The Morgan fingerprint density at radius 3 is 1.97 bits per heavy atom. The van der Waals surface area contributed by atoms with E-state index in [2.05, 4.69) is 25.7 Å². The number of ether oxygens (including phenoxy) is 1. The van der Waals surface area contributed by atoms with Crippen molar-refractivity contribution in [1.29, 1.82) is 0 Å². The van der Waals surface area contributed by atoms with Gasteiger partial charge in [0.1, 0.15) is 5.78 Å². The van der Waals surface area contributed by atoms with Gasteiger partial charge in [0.15, 0.2) is 0 Å². The number of carbonyl (C=O) groups excluding carboxylic acids is 2. The fourth-order valence-electron chi connectivity index (χ4n) is 4.01. The molecule has 0 aromatic carbocycles. The zero-order valence-electron chi connectivity index (χ0n) is 22.5. The summed E-state index contributed by atoms with van der Waals surface area (Å²) in [7, 11) is 0. The van der Waals surface area contributed by atoms with Crippen LogP contribution in [0, 0.1) is 5.92 Å². The van der Waals surface area contributed by atoms with Crippen LogP contribution in [0.4, 0.5) is 0 Å². The lowest BCUT2D eigenvalue weighted by atomic mass is 10.1. The molecule has 5 heteroatoms. The van der Waals surface area contributed by atoms with Gasteiger partial charge in [0.2, 0.25) is 0 Å². The summed E-state index contributed by atoms with van der Waals surface area (Å²) in [4.78, 5) is 26.1. The Bertz CT molecular complexity index is 454. The third kappa shape index (κ3) is 21.7. The lowest BCUT2D eigenvalue weighted by molar-refractivity contribution is -0.148. The number of esters is 1. The molecule has 0 radical (unpaired) electrons. The third-order valence-corrected chi connectivity index (χ3v) is 7.62. The van der Waals surface area contributed by atoms with E-state index in [9.17, 15) is 9.59 Å². The first-order chi connectivity index (χ1) is 16.0. The highest BCUT2D eigenvalue weighted by atomic mass is 32.2. The van der Waals surface area contributed by atoms with Crippen LogP contribution < -0.4 is 0 Å². The van der Waals surface area contributed by atoms with Crippen LogP contribution in [-0.4, -0.2) is 54.4 Å². The molecule has 0 amide bonds. The largest absolute Gasteiger partial charge is 0.465 e. The molecule has 0 rings (SSSR count). The van der Waals surface area contributed by atoms with Gasteiger partial charge in [-0.15, -0.1) is 0 Å². The second kappa shape index (κ2) is 24.6. The number of thioether (sulfide) groups is 1. The predicted octanol–water partition coefficient (Wildman–Crippen LogP) is 7.68. The van der Waals surface area contributed by atoms with Crippen molar-refractivity contribution < 1.29 is 14.3 Å². The molecule has 0 N–H and O–H groups in total. The molecule has 33 heavy (non-hydrogen) atoms. The van der Waals surface area contributed by atoms with Gasteiger partial charge >= 0.3 is 5.97 Å². The molecular formula is C28H55NO3S. The standard InChI is InChI=1S/C28H55NO3S/c1-5-8-9-10-13-16-19-24-33-25-27(21-22-29(6-2)7-3)28(31)32-23-18-15-12-11-14-17-20-26(4)30/h27H,5-25H2,1-4H3. The topological polar surface area (TPSA) is 46.6 Å². The maximum absolute atomic E-state index is 12.8. The van der Waals surface area contributed by atoms with Gasteiger partial charge in [0.25, 0.3) is 0 Å². The maximum Gasteiger partial charge on any atom is 0.309 e. The Balaban J connectivity index is 4.07. The molecule has 0 aliphatic heterocycles. The van der Waals surface area contributed by atoms with Crippen LogP contribution in [0.2, 0.25) is 0 Å². The molecule has 0 saturated carbocycles. The minimum atomic E-state index is 0.00989. The van der Waals surface area contributed by atoms with Gasteiger partial charge < -0.3 is 14.4 Å². The summed E-state index contributed by atoms with van der Waals surface area (Å²) in [6.07, 6.45) is 17.5. The summed E-state index contributed by atoms with van der Waals surface area (Å²) in [5, 5.41) is 0. The van der Waals surface area contributed by atoms with Gasteiger partial charge in [-0.2, -0.15) is 11.8 Å². The van der Waals surface area contributed by atoms with Crippen LogP contribution in [0.3, 0.4) is 0 Å². The lowest BCUT2D eigenvalue weighted by Gasteiger charge is -2.22. The van der Waals surface area contributed by atoms with Crippen LogP contribution in [0.1, 0.15) is 124 Å². The summed E-state index contributed by atoms with van der Waals surface area (Å²) >= 11 is 1.94. The fourth-order valence-corrected chi connectivity index (χ4v) is 5.17. The summed E-state index contributed by atoms with van der Waals surface area (Å²) in [5.74, 6) is 2.37. The van der Waals surface area contributed by atoms with E-state index in [0.29, 0.717) is 13.0 Å². The molecule has 4 nitrogen and oxygen atoms in total. The molecule has 0 heterocycles. The number of ketones is 1. The van der Waals surface area contributed by atoms with E-state index in [1.54, 1.807) is 6.92 Å². The van der Waals surface area contributed by atoms with Crippen LogP contribution >= 0.6 is 11.8 Å². The molecule has 1 unspecified atom stereocenters. The van der Waals surface area contributed by atoms with Gasteiger partial charge in [-0.3, -0.25) is 4.79 Å². The van der Waals surface area contributed by atoms with Crippen molar-refractivity contribution in [3.05, 3.63) is 0 Å². The minimum Gasteiger partial charge on any atom is -0.465 e. The maximum atomic E-state index is 12.8. The quantitative estimate of drug-likeness (QED) is 0.0980. The Labute approximate surface area is 210 Å². The molecule has 0 bridgehead atoms. The molecule has 0 aliphatic rings. The molecule has 0 spiro atoms. The fraction of sp³-hybridized carbons (Fsp3) is 0.929. The molecule has 0 aliphatic carbocycles. The van der Waals surface area contributed by atoms with Crippen molar-refractivity contribution >= 4 is 23.5 Å². The Kier molecular flexibility index (Phi) is 24.2. The number of hydrogen-bond donors (Lipinski definition) is 0. The highest BCUT2D eigenvalue weighted by Gasteiger charge is 2.20. The summed E-state index contributed by atoms with van der Waals surface area (Å²) in [5.41, 5.74) is 0. The van der Waals surface area contributed by atoms with Gasteiger partial charge in [-0.05, 0) is 58.0 Å². The van der Waals surface area contributed by atoms with Crippen molar-refractivity contribution in [2.45, 2.75) is 124 Å². The van der Waals surface area contributed by atoms with E-state index in [-0.39, 0.29) is 17.7 Å². The van der Waals surface area contributed by atoms with Gasteiger partial charge in [-0.1, -0.05) is 85.0 Å². The number of nitrogens with zero attached hydrogens (tertiary/aromatic N) is 1. The van der Waals surface area contributed by atoms with Crippen molar-refractivity contribution in [2.75, 3.05) is 37.7 Å². The lowest BCUT2D eigenvalue weighted by Crippen LogP contribution is -2.29. The van der Waals surface area contributed by atoms with E-state index >= 15 is 0 Å². The average molecular weight is 486 g/mol. The van der Waals surface area contributed by atoms with Crippen molar-refractivity contribution in [2.24, 2.45) is 5.92 Å². The predicted molar refractivity (Wildman–Crippen MR) is 145 cm³/mol. The smallest absolute Gasteiger partial charge is 0.309 e. The highest BCUT2D eigenvalue weighted by Crippen LogP contribution is 2.18. The van der Waals surface area contributed by atoms with Crippen LogP contribution in [0.5, 0.6) is 0 Å². The SMILES string of the molecule is CCCCCCCCCSCC(CCN(CC)CC)C(=O)OCCCCCCCCC(C)=O. The van der Waals surface area contributed by atoms with E-state index in [4.69, 9.17) is 4.74 Å². The number of carbonyl (C=O) groups is 2. The summed E-state index contributed by atoms with van der Waals surface area (Å²) in [6.45, 7) is 11.9. The first-order valence-electron chi connectivity index (χ1n) is 14.0. The molecule has 0 aromatic heterocycles. The second-order valence-electron chi connectivity index (χ2n) is 9.45. The normalized spacial score (nSPS) is 12.3. The third-order valence-electron chi connectivity index (χ3n) is 6.40. The molecule has 1 atom stereocenters.